The van der Waals surface area contributed by atoms with E-state index in [4.69, 9.17) is 9.47 Å². The van der Waals surface area contributed by atoms with E-state index in [1.807, 2.05) is 29.8 Å². The number of nitrogens with zero attached hydrogens (tertiary/aromatic N) is 3. The number of fused-ring (bicyclic) bond motifs is 1. The molecule has 2 aliphatic rings. The fourth-order valence-corrected chi connectivity index (χ4v) is 4.01. The number of aromatic nitrogens is 2. The van der Waals surface area contributed by atoms with Gasteiger partial charge in [-0.25, -0.2) is 9.97 Å². The Morgan fingerprint density at radius 3 is 3.14 bits per heavy atom. The third kappa shape index (κ3) is 2.86. The Balaban J connectivity index is 1.50. The summed E-state index contributed by atoms with van der Waals surface area (Å²) in [5.41, 5.74) is 0. The highest BCUT2D eigenvalue weighted by molar-refractivity contribution is 7.09. The predicted molar refractivity (Wildman–Crippen MR) is 83.9 cm³/mol. The Labute approximate surface area is 133 Å². The van der Waals surface area contributed by atoms with Gasteiger partial charge in [-0.3, -0.25) is 4.90 Å². The van der Waals surface area contributed by atoms with E-state index in [9.17, 15) is 0 Å². The van der Waals surface area contributed by atoms with Crippen LogP contribution in [0.3, 0.4) is 0 Å². The molecule has 22 heavy (non-hydrogen) atoms. The van der Waals surface area contributed by atoms with Crippen molar-refractivity contribution in [3.05, 3.63) is 41.0 Å². The number of pyridine rings is 1. The van der Waals surface area contributed by atoms with Crippen LogP contribution in [-0.4, -0.2) is 46.3 Å². The van der Waals surface area contributed by atoms with Gasteiger partial charge in [-0.05, 0) is 18.9 Å². The van der Waals surface area contributed by atoms with Crippen molar-refractivity contribution in [2.75, 3.05) is 13.2 Å². The van der Waals surface area contributed by atoms with Gasteiger partial charge in [0.25, 0.3) is 0 Å². The number of hydrogen-bond donors (Lipinski definition) is 0. The quantitative estimate of drug-likeness (QED) is 0.866. The van der Waals surface area contributed by atoms with Gasteiger partial charge < -0.3 is 9.47 Å². The highest BCUT2D eigenvalue weighted by atomic mass is 32.1. The molecule has 2 aromatic rings. The zero-order valence-electron chi connectivity index (χ0n) is 12.3. The van der Waals surface area contributed by atoms with Crippen molar-refractivity contribution in [1.29, 1.82) is 0 Å². The van der Waals surface area contributed by atoms with E-state index in [-0.39, 0.29) is 12.2 Å². The number of rotatable bonds is 4. The first-order valence-corrected chi connectivity index (χ1v) is 8.60. The minimum absolute atomic E-state index is 0.0418. The average molecular weight is 317 g/mol. The minimum atomic E-state index is 0.0418. The van der Waals surface area contributed by atoms with Gasteiger partial charge in [0.1, 0.15) is 17.2 Å². The molecule has 4 heterocycles. The maximum atomic E-state index is 6.10. The van der Waals surface area contributed by atoms with E-state index in [0.717, 1.165) is 37.5 Å². The Kier molecular flexibility index (Phi) is 4.05. The van der Waals surface area contributed by atoms with E-state index in [0.29, 0.717) is 11.9 Å². The molecule has 2 fully saturated rings. The number of likely N-dealkylation sites (tertiary alicyclic amines) is 1. The van der Waals surface area contributed by atoms with Gasteiger partial charge in [0.15, 0.2) is 0 Å². The Hall–Kier alpha value is -1.50. The Bertz CT molecular complexity index is 593. The first-order chi connectivity index (χ1) is 10.9. The van der Waals surface area contributed by atoms with Crippen LogP contribution < -0.4 is 4.74 Å². The maximum absolute atomic E-state index is 6.10. The predicted octanol–water partition coefficient (Wildman–Crippen LogP) is 2.35. The molecule has 0 N–H and O–H groups in total. The van der Waals surface area contributed by atoms with Crippen molar-refractivity contribution in [3.63, 3.8) is 0 Å². The van der Waals surface area contributed by atoms with Crippen LogP contribution in [0.25, 0.3) is 0 Å². The summed E-state index contributed by atoms with van der Waals surface area (Å²) in [6.07, 6.45) is 6.09. The molecular weight excluding hydrogens is 298 g/mol. The standard InChI is InChI=1S/C16H19N3O2S/c1-2-6-17-14(5-1)21-13-10-19(11-15-18-7-9-22-15)12-4-3-8-20-16(12)13/h1-2,5-7,9,12-13,16H,3-4,8,10-11H2/t12-,13-,16+/m1/s1. The Morgan fingerprint density at radius 1 is 1.32 bits per heavy atom. The fourth-order valence-electron chi connectivity index (χ4n) is 3.37. The molecule has 116 valence electrons. The molecule has 6 heteroatoms. The molecule has 2 aromatic heterocycles. The molecule has 0 radical (unpaired) electrons. The molecular formula is C16H19N3O2S. The van der Waals surface area contributed by atoms with Gasteiger partial charge in [-0.1, -0.05) is 6.07 Å². The smallest absolute Gasteiger partial charge is 0.213 e. The molecule has 2 saturated heterocycles. The van der Waals surface area contributed by atoms with Gasteiger partial charge >= 0.3 is 0 Å². The number of thiazole rings is 1. The van der Waals surface area contributed by atoms with Crippen molar-refractivity contribution in [2.24, 2.45) is 0 Å². The molecule has 0 unspecified atom stereocenters. The summed E-state index contributed by atoms with van der Waals surface area (Å²) in [7, 11) is 0. The molecule has 0 spiro atoms. The molecule has 2 aliphatic heterocycles. The van der Waals surface area contributed by atoms with Crippen LogP contribution in [0.5, 0.6) is 5.88 Å². The largest absolute Gasteiger partial charge is 0.470 e. The van der Waals surface area contributed by atoms with Gasteiger partial charge in [0.05, 0.1) is 6.54 Å². The van der Waals surface area contributed by atoms with Gasteiger partial charge in [-0.15, -0.1) is 11.3 Å². The monoisotopic (exact) mass is 317 g/mol. The summed E-state index contributed by atoms with van der Waals surface area (Å²) in [6.45, 7) is 2.57. The van der Waals surface area contributed by atoms with E-state index < -0.39 is 0 Å². The average Bonchev–Trinajstić information content (AvgIpc) is 3.18. The van der Waals surface area contributed by atoms with Gasteiger partial charge in [-0.2, -0.15) is 0 Å². The molecule has 0 saturated carbocycles. The summed E-state index contributed by atoms with van der Waals surface area (Å²) >= 11 is 1.71. The SMILES string of the molecule is c1ccc(O[C@@H]2CN(Cc3nccs3)[C@@H]3CCCO[C@@H]32)nc1. The number of hydrogen-bond acceptors (Lipinski definition) is 6. The maximum Gasteiger partial charge on any atom is 0.213 e. The zero-order valence-corrected chi connectivity index (χ0v) is 13.1. The fraction of sp³-hybridized carbons (Fsp3) is 0.500. The van der Waals surface area contributed by atoms with Crippen LogP contribution in [-0.2, 0) is 11.3 Å². The molecule has 0 aliphatic carbocycles. The molecule has 0 amide bonds. The van der Waals surface area contributed by atoms with E-state index in [1.54, 1.807) is 17.5 Å². The van der Waals surface area contributed by atoms with Crippen LogP contribution in [0, 0.1) is 0 Å². The second-order valence-electron chi connectivity index (χ2n) is 5.72. The van der Waals surface area contributed by atoms with Crippen LogP contribution in [0.15, 0.2) is 36.0 Å². The topological polar surface area (TPSA) is 47.5 Å². The molecule has 0 aromatic carbocycles. The van der Waals surface area contributed by atoms with Crippen LogP contribution in [0.2, 0.25) is 0 Å². The molecule has 3 atom stereocenters. The minimum Gasteiger partial charge on any atom is -0.470 e. The highest BCUT2D eigenvalue weighted by Gasteiger charge is 2.45. The van der Waals surface area contributed by atoms with E-state index in [2.05, 4.69) is 14.9 Å². The van der Waals surface area contributed by atoms with E-state index in [1.165, 1.54) is 0 Å². The molecule has 5 nitrogen and oxygen atoms in total. The first-order valence-electron chi connectivity index (χ1n) is 7.72. The lowest BCUT2D eigenvalue weighted by molar-refractivity contribution is -0.0479. The van der Waals surface area contributed by atoms with Crippen molar-refractivity contribution < 1.29 is 9.47 Å². The summed E-state index contributed by atoms with van der Waals surface area (Å²) in [5.74, 6) is 0.677. The normalized spacial score (nSPS) is 28.5. The van der Waals surface area contributed by atoms with Gasteiger partial charge in [0, 0.05) is 43.0 Å². The lowest BCUT2D eigenvalue weighted by Gasteiger charge is -2.31. The van der Waals surface area contributed by atoms with Crippen molar-refractivity contribution >= 4 is 11.3 Å². The van der Waals surface area contributed by atoms with Crippen LogP contribution in [0.1, 0.15) is 17.8 Å². The van der Waals surface area contributed by atoms with Crippen molar-refractivity contribution in [3.8, 4) is 5.88 Å². The lowest BCUT2D eigenvalue weighted by atomic mass is 10.0. The summed E-state index contributed by atoms with van der Waals surface area (Å²) in [6, 6.07) is 6.17. The third-order valence-corrected chi connectivity index (χ3v) is 5.08. The number of ether oxygens (including phenoxy) is 2. The second-order valence-corrected chi connectivity index (χ2v) is 6.70. The van der Waals surface area contributed by atoms with Gasteiger partial charge in [0.2, 0.25) is 5.88 Å². The molecule has 4 rings (SSSR count). The molecule has 0 bridgehead atoms. The van der Waals surface area contributed by atoms with Crippen molar-refractivity contribution in [2.45, 2.75) is 37.6 Å². The summed E-state index contributed by atoms with van der Waals surface area (Å²) in [4.78, 5) is 11.1. The second kappa shape index (κ2) is 6.32. The first kappa shape index (κ1) is 14.1. The summed E-state index contributed by atoms with van der Waals surface area (Å²) < 4.78 is 12.1. The van der Waals surface area contributed by atoms with Crippen molar-refractivity contribution in [1.82, 2.24) is 14.9 Å². The zero-order chi connectivity index (χ0) is 14.8. The third-order valence-electron chi connectivity index (χ3n) is 4.32. The lowest BCUT2D eigenvalue weighted by Crippen LogP contribution is -2.42. The van der Waals surface area contributed by atoms with Crippen LogP contribution in [0.4, 0.5) is 0 Å². The highest BCUT2D eigenvalue weighted by Crippen LogP contribution is 2.32. The van der Waals surface area contributed by atoms with E-state index >= 15 is 0 Å². The summed E-state index contributed by atoms with van der Waals surface area (Å²) in [5, 5.41) is 3.19. The van der Waals surface area contributed by atoms with Crippen LogP contribution >= 0.6 is 11.3 Å². The Morgan fingerprint density at radius 2 is 2.32 bits per heavy atom.